The van der Waals surface area contributed by atoms with Crippen molar-refractivity contribution in [2.45, 2.75) is 72.6 Å². The molecular formula is C43H54N8OSn. The number of ketones is 1. The fraction of sp³-hybridized carbons (Fsp3) is 0.326. The van der Waals surface area contributed by atoms with Crippen LogP contribution >= 0.6 is 0 Å². The van der Waals surface area contributed by atoms with E-state index in [4.69, 9.17) is 11.5 Å². The number of nitrogen functional groups attached to an aromatic ring is 2. The third-order valence-corrected chi connectivity index (χ3v) is 25.7. The molecule has 9 nitrogen and oxygen atoms in total. The first-order valence-electron chi connectivity index (χ1n) is 19.0. The third kappa shape index (κ3) is 9.43. The molecule has 6 N–H and O–H groups in total. The van der Waals surface area contributed by atoms with Gasteiger partial charge in [0.15, 0.2) is 5.78 Å². The molecule has 10 heteroatoms. The van der Waals surface area contributed by atoms with E-state index in [-0.39, 0.29) is 11.7 Å². The van der Waals surface area contributed by atoms with E-state index >= 15 is 0 Å². The second kappa shape index (κ2) is 18.8. The molecule has 2 aromatic heterocycles. The Labute approximate surface area is 318 Å². The van der Waals surface area contributed by atoms with E-state index < -0.39 is 18.4 Å². The SMILES string of the molecule is CCC[CH2][Sn]([CH2]CCC)([CH2]CCC)[c]1ccc2c(NC)nc(N)nc2c1.CNc1nc(N)nc2cc(-c3ccccc3C(=O)c3ccccc3)ccc12. The van der Waals surface area contributed by atoms with Gasteiger partial charge in [0.05, 0.1) is 5.52 Å². The minimum Gasteiger partial charge on any atom is -0.372 e. The molecule has 4 aromatic carbocycles. The molecule has 0 aliphatic rings. The zero-order chi connectivity index (χ0) is 37.8. The minimum absolute atomic E-state index is 0.00980. The van der Waals surface area contributed by atoms with Crippen molar-refractivity contribution in [1.82, 2.24) is 19.9 Å². The number of anilines is 4. The molecule has 0 bridgehead atoms. The van der Waals surface area contributed by atoms with Crippen molar-refractivity contribution in [3.63, 3.8) is 0 Å². The number of carbonyl (C=O) groups excluding carboxylic acids is 1. The summed E-state index contributed by atoms with van der Waals surface area (Å²) in [5, 5.41) is 8.15. The molecule has 0 unspecified atom stereocenters. The number of benzene rings is 4. The Morgan fingerprint density at radius 3 is 1.68 bits per heavy atom. The van der Waals surface area contributed by atoms with Crippen LogP contribution in [0.2, 0.25) is 13.3 Å². The van der Waals surface area contributed by atoms with Gasteiger partial charge >= 0.3 is 163 Å². The summed E-state index contributed by atoms with van der Waals surface area (Å²) in [5.74, 6) is 2.06. The van der Waals surface area contributed by atoms with Gasteiger partial charge in [-0.1, -0.05) is 60.7 Å². The summed E-state index contributed by atoms with van der Waals surface area (Å²) in [7, 11) is 3.69. The number of rotatable bonds is 15. The van der Waals surface area contributed by atoms with Crippen molar-refractivity contribution in [1.29, 1.82) is 0 Å². The number of aromatic nitrogens is 4. The first-order valence-corrected chi connectivity index (χ1v) is 26.4. The van der Waals surface area contributed by atoms with Crippen LogP contribution in [0.4, 0.5) is 23.5 Å². The number of nitrogens with zero attached hydrogens (tertiary/aromatic N) is 4. The summed E-state index contributed by atoms with van der Waals surface area (Å²) >= 11 is -2.43. The number of carbonyl (C=O) groups is 1. The van der Waals surface area contributed by atoms with Gasteiger partial charge in [0.1, 0.15) is 5.82 Å². The van der Waals surface area contributed by atoms with Crippen molar-refractivity contribution in [2.24, 2.45) is 0 Å². The van der Waals surface area contributed by atoms with Crippen LogP contribution in [0.3, 0.4) is 0 Å². The Morgan fingerprint density at radius 2 is 1.13 bits per heavy atom. The molecule has 276 valence electrons. The number of nitrogens with two attached hydrogens (primary N) is 2. The van der Waals surface area contributed by atoms with Gasteiger partial charge in [-0.2, -0.15) is 4.98 Å². The topological polar surface area (TPSA) is 145 Å². The van der Waals surface area contributed by atoms with Crippen molar-refractivity contribution >= 4 is 73.1 Å². The summed E-state index contributed by atoms with van der Waals surface area (Å²) in [5.41, 5.74) is 16.6. The Kier molecular flexibility index (Phi) is 14.0. The fourth-order valence-electron chi connectivity index (χ4n) is 7.21. The first kappa shape index (κ1) is 39.4. The van der Waals surface area contributed by atoms with Crippen molar-refractivity contribution in [2.75, 3.05) is 36.2 Å². The molecular weight excluding hydrogens is 763 g/mol. The van der Waals surface area contributed by atoms with E-state index in [9.17, 15) is 4.79 Å². The number of fused-ring (bicyclic) bond motifs is 2. The third-order valence-electron chi connectivity index (χ3n) is 10.1. The molecule has 0 saturated carbocycles. The molecule has 0 atom stereocenters. The number of nitrogens with one attached hydrogen (secondary N) is 2. The minimum atomic E-state index is -2.43. The van der Waals surface area contributed by atoms with Crippen LogP contribution < -0.4 is 25.7 Å². The van der Waals surface area contributed by atoms with Crippen LogP contribution in [0.15, 0.2) is 91.0 Å². The summed E-state index contributed by atoms with van der Waals surface area (Å²) in [4.78, 5) is 30.4. The molecule has 0 aliphatic carbocycles. The van der Waals surface area contributed by atoms with E-state index in [0.29, 0.717) is 22.9 Å². The predicted molar refractivity (Wildman–Crippen MR) is 227 cm³/mol. The molecule has 6 aromatic rings. The Hall–Kier alpha value is -4.77. The maximum absolute atomic E-state index is 13.0. The molecule has 0 saturated heterocycles. The summed E-state index contributed by atoms with van der Waals surface area (Å²) in [6.07, 6.45) is 8.00. The normalized spacial score (nSPS) is 11.3. The van der Waals surface area contributed by atoms with Crippen LogP contribution in [-0.4, -0.2) is 58.2 Å². The van der Waals surface area contributed by atoms with Crippen LogP contribution in [0.1, 0.15) is 75.2 Å². The van der Waals surface area contributed by atoms with Gasteiger partial charge < -0.3 is 11.1 Å². The average Bonchev–Trinajstić information content (AvgIpc) is 3.19. The molecule has 2 heterocycles. The molecule has 6 rings (SSSR count). The molecule has 0 fully saturated rings. The van der Waals surface area contributed by atoms with Crippen molar-refractivity contribution < 1.29 is 4.79 Å². The van der Waals surface area contributed by atoms with Gasteiger partial charge in [-0.3, -0.25) is 4.79 Å². The van der Waals surface area contributed by atoms with Crippen LogP contribution in [0.25, 0.3) is 32.9 Å². The number of unbranched alkanes of at least 4 members (excludes halogenated alkanes) is 3. The molecule has 0 aliphatic heterocycles. The first-order chi connectivity index (χ1) is 25.8. The van der Waals surface area contributed by atoms with Gasteiger partial charge in [-0.25, -0.2) is 4.98 Å². The van der Waals surface area contributed by atoms with Gasteiger partial charge in [-0.05, 0) is 23.3 Å². The van der Waals surface area contributed by atoms with Crippen LogP contribution in [-0.2, 0) is 0 Å². The van der Waals surface area contributed by atoms with Gasteiger partial charge in [0.25, 0.3) is 0 Å². The van der Waals surface area contributed by atoms with Gasteiger partial charge in [0, 0.05) is 23.6 Å². The second-order valence-electron chi connectivity index (χ2n) is 13.7. The van der Waals surface area contributed by atoms with E-state index in [1.807, 2.05) is 79.8 Å². The zero-order valence-corrected chi connectivity index (χ0v) is 34.7. The van der Waals surface area contributed by atoms with Gasteiger partial charge in [0.2, 0.25) is 5.95 Å². The quantitative estimate of drug-likeness (QED) is 0.0589. The summed E-state index contributed by atoms with van der Waals surface area (Å²) in [6, 6.07) is 29.7. The van der Waals surface area contributed by atoms with Crippen molar-refractivity contribution in [3.8, 4) is 11.1 Å². The summed E-state index contributed by atoms with van der Waals surface area (Å²) in [6.45, 7) is 6.97. The number of hydrogen-bond donors (Lipinski definition) is 4. The van der Waals surface area contributed by atoms with E-state index in [0.717, 1.165) is 38.8 Å². The maximum atomic E-state index is 13.0. The Balaban J connectivity index is 0.000000205. The maximum Gasteiger partial charge on any atom is 0.222 e. The second-order valence-corrected chi connectivity index (χ2v) is 26.9. The monoisotopic (exact) mass is 818 g/mol. The van der Waals surface area contributed by atoms with E-state index in [1.165, 1.54) is 51.8 Å². The predicted octanol–water partition coefficient (Wildman–Crippen LogP) is 9.46. The van der Waals surface area contributed by atoms with E-state index in [2.05, 4.69) is 69.5 Å². The largest absolute Gasteiger partial charge is 0.372 e. The Bertz CT molecular complexity index is 2120. The smallest absolute Gasteiger partial charge is 0.222 e. The zero-order valence-electron chi connectivity index (χ0n) is 31.9. The molecule has 0 spiro atoms. The Morgan fingerprint density at radius 1 is 0.623 bits per heavy atom. The molecule has 53 heavy (non-hydrogen) atoms. The van der Waals surface area contributed by atoms with Crippen LogP contribution in [0, 0.1) is 0 Å². The van der Waals surface area contributed by atoms with E-state index in [1.54, 1.807) is 10.6 Å². The average molecular weight is 818 g/mol. The van der Waals surface area contributed by atoms with Crippen molar-refractivity contribution in [3.05, 3.63) is 102 Å². The molecule has 0 amide bonds. The molecule has 0 radical (unpaired) electrons. The fourth-order valence-corrected chi connectivity index (χ4v) is 23.2. The van der Waals surface area contributed by atoms with Crippen LogP contribution in [0.5, 0.6) is 0 Å². The number of hydrogen-bond acceptors (Lipinski definition) is 9. The van der Waals surface area contributed by atoms with Gasteiger partial charge in [-0.15, -0.1) is 0 Å². The standard InChI is InChI=1S/C22H18N4O.C9H9N4.3C4H9.Sn/c1-24-21-18-12-11-15(13-19(18)25-22(23)26-21)16-9-5-6-10-17(16)20(27)14-7-3-2-4-8-14;1-11-8-6-4-2-3-5-7(6)12-9(10)13-8;3*1-3-4-2;/h2-13H,1H3,(H3,23,24,25,26);2,4-5H,1H3,(H3,10,11,12,13);3*1,3-4H2,2H3;. The summed E-state index contributed by atoms with van der Waals surface area (Å²) < 4.78 is 6.05.